The predicted octanol–water partition coefficient (Wildman–Crippen LogP) is 4.28. The lowest BCUT2D eigenvalue weighted by atomic mass is 10.3. The maximum Gasteiger partial charge on any atom is 0.137 e. The fourth-order valence-electron chi connectivity index (χ4n) is 2.03. The van der Waals surface area contributed by atoms with E-state index in [2.05, 4.69) is 50.7 Å². The Morgan fingerprint density at radius 2 is 2.10 bits per heavy atom. The van der Waals surface area contributed by atoms with Crippen molar-refractivity contribution in [1.29, 1.82) is 0 Å². The molecule has 0 aliphatic heterocycles. The van der Waals surface area contributed by atoms with Crippen LogP contribution in [0.25, 0.3) is 5.65 Å². The molecule has 20 heavy (non-hydrogen) atoms. The lowest BCUT2D eigenvalue weighted by molar-refractivity contribution is 1.15. The summed E-state index contributed by atoms with van der Waals surface area (Å²) in [5.41, 5.74) is 10.1. The number of benzene rings is 1. The van der Waals surface area contributed by atoms with Gasteiger partial charge in [-0.05, 0) is 36.8 Å². The second-order valence-corrected chi connectivity index (χ2v) is 6.61. The first-order chi connectivity index (χ1) is 9.61. The van der Waals surface area contributed by atoms with Gasteiger partial charge >= 0.3 is 0 Å². The fraction of sp³-hybridized carbons (Fsp3) is 0.133. The first kappa shape index (κ1) is 13.5. The summed E-state index contributed by atoms with van der Waals surface area (Å²) in [5, 5.41) is 0. The molecule has 2 heterocycles. The number of hydrogen-bond donors (Lipinski definition) is 1. The zero-order chi connectivity index (χ0) is 14.1. The number of hydrogen-bond acceptors (Lipinski definition) is 3. The van der Waals surface area contributed by atoms with Gasteiger partial charge in [0.2, 0.25) is 0 Å². The Labute approximate surface area is 130 Å². The molecule has 0 saturated carbocycles. The first-order valence-corrected chi connectivity index (χ1v) is 8.02. The summed E-state index contributed by atoms with van der Waals surface area (Å²) in [5.74, 6) is 0.812. The summed E-state index contributed by atoms with van der Waals surface area (Å²) in [4.78, 5) is 5.69. The molecule has 2 aromatic heterocycles. The van der Waals surface area contributed by atoms with Crippen molar-refractivity contribution in [3.05, 3.63) is 58.5 Å². The van der Waals surface area contributed by atoms with Crippen LogP contribution in [0.2, 0.25) is 0 Å². The maximum absolute atomic E-state index is 6.00. The van der Waals surface area contributed by atoms with Gasteiger partial charge < -0.3 is 10.1 Å². The summed E-state index contributed by atoms with van der Waals surface area (Å²) >= 11 is 5.12. The van der Waals surface area contributed by atoms with Gasteiger partial charge in [-0.25, -0.2) is 4.98 Å². The van der Waals surface area contributed by atoms with E-state index in [1.807, 2.05) is 24.3 Å². The molecule has 0 amide bonds. The van der Waals surface area contributed by atoms with Gasteiger partial charge in [0, 0.05) is 33.2 Å². The normalized spacial score (nSPS) is 11.1. The quantitative estimate of drug-likeness (QED) is 0.568. The van der Waals surface area contributed by atoms with Gasteiger partial charge in [0.25, 0.3) is 0 Å². The summed E-state index contributed by atoms with van der Waals surface area (Å²) in [7, 11) is 0. The minimum Gasteiger partial charge on any atom is -0.398 e. The highest BCUT2D eigenvalue weighted by molar-refractivity contribution is 9.10. The van der Waals surface area contributed by atoms with Crippen LogP contribution in [0, 0.1) is 6.92 Å². The van der Waals surface area contributed by atoms with E-state index in [-0.39, 0.29) is 0 Å². The van der Waals surface area contributed by atoms with Crippen LogP contribution in [0.4, 0.5) is 5.69 Å². The number of aromatic nitrogens is 2. The average Bonchev–Trinajstić information content (AvgIpc) is 2.79. The molecule has 0 fully saturated rings. The van der Waals surface area contributed by atoms with Crippen molar-refractivity contribution < 1.29 is 0 Å². The van der Waals surface area contributed by atoms with Crippen LogP contribution in [0.15, 0.2) is 52.1 Å². The van der Waals surface area contributed by atoms with Crippen molar-refractivity contribution in [1.82, 2.24) is 9.38 Å². The molecule has 0 saturated heterocycles. The van der Waals surface area contributed by atoms with Gasteiger partial charge in [0.05, 0.1) is 5.69 Å². The van der Waals surface area contributed by atoms with Crippen molar-refractivity contribution in [2.45, 2.75) is 17.6 Å². The number of nitrogens with two attached hydrogens (primary N) is 1. The summed E-state index contributed by atoms with van der Waals surface area (Å²) < 4.78 is 3.07. The molecule has 0 radical (unpaired) electrons. The number of thioether (sulfide) groups is 1. The van der Waals surface area contributed by atoms with Crippen molar-refractivity contribution in [2.75, 3.05) is 5.73 Å². The Bertz CT molecular complexity index is 767. The van der Waals surface area contributed by atoms with Crippen LogP contribution in [0.5, 0.6) is 0 Å². The highest BCUT2D eigenvalue weighted by Crippen LogP contribution is 2.30. The van der Waals surface area contributed by atoms with Gasteiger partial charge in [-0.15, -0.1) is 11.8 Å². The molecule has 0 bridgehead atoms. The Morgan fingerprint density at radius 1 is 1.25 bits per heavy atom. The number of nitrogens with zero attached hydrogens (tertiary/aromatic N) is 2. The molecule has 0 spiro atoms. The van der Waals surface area contributed by atoms with Gasteiger partial charge in [-0.3, -0.25) is 0 Å². The molecular weight excluding hydrogens is 334 g/mol. The molecule has 5 heteroatoms. The Morgan fingerprint density at radius 3 is 2.90 bits per heavy atom. The molecule has 0 aliphatic carbocycles. The zero-order valence-electron chi connectivity index (χ0n) is 11.0. The number of fused-ring (bicyclic) bond motifs is 1. The number of halogens is 1. The molecular formula is C15H14BrN3S. The average molecular weight is 348 g/mol. The smallest absolute Gasteiger partial charge is 0.137 e. The zero-order valence-corrected chi connectivity index (χ0v) is 13.4. The highest BCUT2D eigenvalue weighted by Gasteiger charge is 2.05. The van der Waals surface area contributed by atoms with Crippen molar-refractivity contribution in [3.8, 4) is 0 Å². The van der Waals surface area contributed by atoms with Crippen LogP contribution < -0.4 is 5.73 Å². The molecule has 3 nitrogen and oxygen atoms in total. The van der Waals surface area contributed by atoms with Crippen LogP contribution in [-0.2, 0) is 5.75 Å². The van der Waals surface area contributed by atoms with Gasteiger partial charge in [0.15, 0.2) is 0 Å². The van der Waals surface area contributed by atoms with E-state index in [1.165, 1.54) is 5.56 Å². The van der Waals surface area contributed by atoms with Crippen molar-refractivity contribution in [2.24, 2.45) is 0 Å². The fourth-order valence-corrected chi connectivity index (χ4v) is 3.24. The summed E-state index contributed by atoms with van der Waals surface area (Å²) in [6.45, 7) is 2.08. The number of pyridine rings is 1. The SMILES string of the molecule is Cc1ccc2nc(CSc3ccc(Br)cc3N)cn2c1. The lowest BCUT2D eigenvalue weighted by Gasteiger charge is -2.04. The van der Waals surface area contributed by atoms with Crippen LogP contribution in [0.3, 0.4) is 0 Å². The number of rotatable bonds is 3. The van der Waals surface area contributed by atoms with E-state index in [1.54, 1.807) is 11.8 Å². The second kappa shape index (κ2) is 5.50. The van der Waals surface area contributed by atoms with E-state index in [0.717, 1.165) is 32.1 Å². The molecule has 3 rings (SSSR count). The Kier molecular flexibility index (Phi) is 3.72. The van der Waals surface area contributed by atoms with Gasteiger partial charge in [0.1, 0.15) is 5.65 Å². The number of anilines is 1. The lowest BCUT2D eigenvalue weighted by Crippen LogP contribution is -1.89. The van der Waals surface area contributed by atoms with E-state index < -0.39 is 0 Å². The largest absolute Gasteiger partial charge is 0.398 e. The topological polar surface area (TPSA) is 43.3 Å². The standard InChI is InChI=1S/C15H14BrN3S/c1-10-2-5-15-18-12(8-19(15)7-10)9-20-14-4-3-11(16)6-13(14)17/h2-8H,9,17H2,1H3. The summed E-state index contributed by atoms with van der Waals surface area (Å²) in [6.07, 6.45) is 4.16. The molecule has 102 valence electrons. The third-order valence-corrected chi connectivity index (χ3v) is 4.61. The van der Waals surface area contributed by atoms with E-state index in [0.29, 0.717) is 0 Å². The monoisotopic (exact) mass is 347 g/mol. The number of imidazole rings is 1. The molecule has 0 aliphatic rings. The first-order valence-electron chi connectivity index (χ1n) is 6.24. The molecule has 1 aromatic carbocycles. The third kappa shape index (κ3) is 2.83. The van der Waals surface area contributed by atoms with E-state index in [9.17, 15) is 0 Å². The van der Waals surface area contributed by atoms with Gasteiger partial charge in [-0.2, -0.15) is 0 Å². The molecule has 2 N–H and O–H groups in total. The van der Waals surface area contributed by atoms with E-state index >= 15 is 0 Å². The van der Waals surface area contributed by atoms with Crippen LogP contribution in [0.1, 0.15) is 11.3 Å². The van der Waals surface area contributed by atoms with Crippen LogP contribution >= 0.6 is 27.7 Å². The molecule has 0 atom stereocenters. The predicted molar refractivity (Wildman–Crippen MR) is 88.0 cm³/mol. The third-order valence-electron chi connectivity index (χ3n) is 3.00. The van der Waals surface area contributed by atoms with Crippen LogP contribution in [-0.4, -0.2) is 9.38 Å². The highest BCUT2D eigenvalue weighted by atomic mass is 79.9. The molecule has 0 unspecified atom stereocenters. The van der Waals surface area contributed by atoms with Crippen molar-refractivity contribution in [3.63, 3.8) is 0 Å². The Hall–Kier alpha value is -1.46. The van der Waals surface area contributed by atoms with Crippen molar-refractivity contribution >= 4 is 39.0 Å². The van der Waals surface area contributed by atoms with Gasteiger partial charge in [-0.1, -0.05) is 22.0 Å². The number of nitrogen functional groups attached to an aromatic ring is 1. The summed E-state index contributed by atoms with van der Waals surface area (Å²) in [6, 6.07) is 10.1. The minimum absolute atomic E-state index is 0.795. The van der Waals surface area contributed by atoms with E-state index in [4.69, 9.17) is 5.73 Å². The Balaban J connectivity index is 1.79. The molecule has 3 aromatic rings. The minimum atomic E-state index is 0.795. The second-order valence-electron chi connectivity index (χ2n) is 4.67. The number of aryl methyl sites for hydroxylation is 1. The maximum atomic E-state index is 6.00.